The molecule has 6 nitrogen and oxygen atoms in total. The lowest BCUT2D eigenvalue weighted by Gasteiger charge is -2.14. The van der Waals surface area contributed by atoms with E-state index in [1.165, 1.54) is 6.07 Å². The van der Waals surface area contributed by atoms with E-state index in [1.54, 1.807) is 30.3 Å². The first kappa shape index (κ1) is 14.9. The minimum atomic E-state index is -1.05. The van der Waals surface area contributed by atoms with Gasteiger partial charge in [0.05, 0.1) is 16.8 Å². The molecule has 0 fully saturated rings. The van der Waals surface area contributed by atoms with Gasteiger partial charge >= 0.3 is 5.97 Å². The number of hydrogen-bond acceptors (Lipinski definition) is 4. The summed E-state index contributed by atoms with van der Waals surface area (Å²) in [6, 6.07) is 9.94. The maximum absolute atomic E-state index is 11.5. The van der Waals surface area contributed by atoms with Crippen LogP contribution in [0.25, 0.3) is 11.1 Å². The molecule has 0 aromatic heterocycles. The fourth-order valence-electron chi connectivity index (χ4n) is 2.58. The van der Waals surface area contributed by atoms with Gasteiger partial charge in [0.2, 0.25) is 12.7 Å². The summed E-state index contributed by atoms with van der Waals surface area (Å²) < 4.78 is 11.5. The predicted octanol–water partition coefficient (Wildman–Crippen LogP) is 3.13. The number of amides is 1. The van der Waals surface area contributed by atoms with Crippen LogP contribution in [0.4, 0.5) is 5.69 Å². The lowest BCUT2D eigenvalue weighted by atomic mass is 9.97. The lowest BCUT2D eigenvalue weighted by molar-refractivity contribution is -0.105. The summed E-state index contributed by atoms with van der Waals surface area (Å²) in [5.41, 5.74) is 1.55. The molecule has 3 rings (SSSR count). The van der Waals surface area contributed by atoms with E-state index in [0.29, 0.717) is 41.1 Å². The normalized spacial score (nSPS) is 15.3. The molecule has 2 aromatic rings. The van der Waals surface area contributed by atoms with E-state index in [1.807, 2.05) is 6.92 Å². The van der Waals surface area contributed by atoms with Crippen LogP contribution in [-0.4, -0.2) is 23.8 Å². The van der Waals surface area contributed by atoms with Crippen molar-refractivity contribution < 1.29 is 24.2 Å². The smallest absolute Gasteiger partial charge is 0.336 e. The lowest BCUT2D eigenvalue weighted by Crippen LogP contribution is -2.15. The standard InChI is InChI=1S/C17H15NO5/c1-2-14-22-13-8-7-12(18-9-19)15(16(13)23-14)10-5-3-4-6-11(10)17(20)21/h3-9,14H,2H2,1H3,(H,18,19)(H,20,21). The molecule has 0 spiro atoms. The van der Waals surface area contributed by atoms with Crippen LogP contribution in [0.2, 0.25) is 0 Å². The summed E-state index contributed by atoms with van der Waals surface area (Å²) in [7, 11) is 0. The van der Waals surface area contributed by atoms with Gasteiger partial charge in [0.1, 0.15) is 0 Å². The molecule has 2 aromatic carbocycles. The molecule has 1 aliphatic rings. The average molecular weight is 313 g/mol. The topological polar surface area (TPSA) is 84.9 Å². The van der Waals surface area contributed by atoms with Crippen LogP contribution in [0.15, 0.2) is 36.4 Å². The van der Waals surface area contributed by atoms with Crippen molar-refractivity contribution >= 4 is 18.1 Å². The number of hydrogen-bond donors (Lipinski definition) is 2. The largest absolute Gasteiger partial charge is 0.478 e. The number of nitrogens with one attached hydrogen (secondary N) is 1. The first-order valence-corrected chi connectivity index (χ1v) is 7.19. The number of carboxylic acids is 1. The van der Waals surface area contributed by atoms with Crippen molar-refractivity contribution in [3.05, 3.63) is 42.0 Å². The van der Waals surface area contributed by atoms with Crippen molar-refractivity contribution in [3.63, 3.8) is 0 Å². The number of rotatable bonds is 5. The molecule has 1 atom stereocenters. The zero-order valence-corrected chi connectivity index (χ0v) is 12.4. The van der Waals surface area contributed by atoms with E-state index in [2.05, 4.69) is 5.32 Å². The second kappa shape index (κ2) is 6.00. The molecule has 0 aliphatic carbocycles. The van der Waals surface area contributed by atoms with Crippen LogP contribution < -0.4 is 14.8 Å². The fourth-order valence-corrected chi connectivity index (χ4v) is 2.58. The van der Waals surface area contributed by atoms with Gasteiger partial charge in [-0.05, 0) is 18.2 Å². The number of ether oxygens (including phenoxy) is 2. The molecule has 118 valence electrons. The Bertz CT molecular complexity index is 772. The van der Waals surface area contributed by atoms with Crippen LogP contribution in [0.1, 0.15) is 23.7 Å². The fraction of sp³-hybridized carbons (Fsp3) is 0.176. The van der Waals surface area contributed by atoms with Gasteiger partial charge < -0.3 is 19.9 Å². The van der Waals surface area contributed by atoms with Crippen LogP contribution in [0.3, 0.4) is 0 Å². The summed E-state index contributed by atoms with van der Waals surface area (Å²) in [6.45, 7) is 1.92. The molecule has 0 saturated heterocycles. The molecule has 2 N–H and O–H groups in total. The second-order valence-electron chi connectivity index (χ2n) is 5.00. The maximum Gasteiger partial charge on any atom is 0.336 e. The predicted molar refractivity (Wildman–Crippen MR) is 83.9 cm³/mol. The number of fused-ring (bicyclic) bond motifs is 1. The van der Waals surface area contributed by atoms with Crippen LogP contribution >= 0.6 is 0 Å². The third-order valence-electron chi connectivity index (χ3n) is 3.60. The number of carbonyl (C=O) groups excluding carboxylic acids is 1. The third-order valence-corrected chi connectivity index (χ3v) is 3.60. The number of carbonyl (C=O) groups is 2. The summed E-state index contributed by atoms with van der Waals surface area (Å²) in [6.07, 6.45) is 0.763. The van der Waals surface area contributed by atoms with Crippen molar-refractivity contribution in [1.82, 2.24) is 0 Å². The quantitative estimate of drug-likeness (QED) is 0.828. The zero-order chi connectivity index (χ0) is 16.4. The summed E-state index contributed by atoms with van der Waals surface area (Å²) in [5, 5.41) is 12.0. The van der Waals surface area contributed by atoms with E-state index >= 15 is 0 Å². The summed E-state index contributed by atoms with van der Waals surface area (Å²) >= 11 is 0. The van der Waals surface area contributed by atoms with Gasteiger partial charge in [-0.25, -0.2) is 4.79 Å². The van der Waals surface area contributed by atoms with Crippen molar-refractivity contribution in [2.24, 2.45) is 0 Å². The van der Waals surface area contributed by atoms with Crippen molar-refractivity contribution in [2.75, 3.05) is 5.32 Å². The molecular formula is C17H15NO5. The minimum Gasteiger partial charge on any atom is -0.478 e. The van der Waals surface area contributed by atoms with E-state index in [4.69, 9.17) is 9.47 Å². The zero-order valence-electron chi connectivity index (χ0n) is 12.4. The molecule has 0 radical (unpaired) electrons. The second-order valence-corrected chi connectivity index (χ2v) is 5.00. The van der Waals surface area contributed by atoms with Gasteiger partial charge in [0, 0.05) is 12.0 Å². The summed E-state index contributed by atoms with van der Waals surface area (Å²) in [5.74, 6) is -0.0814. The molecule has 1 aliphatic heterocycles. The Labute approximate surface area is 132 Å². The van der Waals surface area contributed by atoms with Gasteiger partial charge in [-0.2, -0.15) is 0 Å². The Morgan fingerprint density at radius 2 is 2.04 bits per heavy atom. The molecule has 1 amide bonds. The van der Waals surface area contributed by atoms with Gasteiger partial charge in [-0.1, -0.05) is 25.1 Å². The average Bonchev–Trinajstić information content (AvgIpc) is 2.98. The molecule has 0 bridgehead atoms. The highest BCUT2D eigenvalue weighted by molar-refractivity contribution is 6.01. The Kier molecular flexibility index (Phi) is 3.89. The molecule has 1 unspecified atom stereocenters. The first-order valence-electron chi connectivity index (χ1n) is 7.19. The number of anilines is 1. The molecule has 0 saturated carbocycles. The first-order chi connectivity index (χ1) is 11.2. The van der Waals surface area contributed by atoms with Gasteiger partial charge in [0.25, 0.3) is 0 Å². The maximum atomic E-state index is 11.5. The molecular weight excluding hydrogens is 298 g/mol. The highest BCUT2D eigenvalue weighted by Crippen LogP contribution is 2.48. The van der Waals surface area contributed by atoms with Crippen molar-refractivity contribution in [2.45, 2.75) is 19.6 Å². The Hall–Kier alpha value is -3.02. The highest BCUT2D eigenvalue weighted by atomic mass is 16.7. The Morgan fingerprint density at radius 1 is 1.26 bits per heavy atom. The Morgan fingerprint density at radius 3 is 2.74 bits per heavy atom. The highest BCUT2D eigenvalue weighted by Gasteiger charge is 2.29. The monoisotopic (exact) mass is 313 g/mol. The van der Waals surface area contributed by atoms with Gasteiger partial charge in [0.15, 0.2) is 11.5 Å². The van der Waals surface area contributed by atoms with Gasteiger partial charge in [-0.3, -0.25) is 4.79 Å². The van der Waals surface area contributed by atoms with E-state index in [0.717, 1.165) is 0 Å². The van der Waals surface area contributed by atoms with E-state index in [9.17, 15) is 14.7 Å². The Balaban J connectivity index is 2.24. The number of aromatic carboxylic acids is 1. The SMILES string of the molecule is CCC1Oc2ccc(NC=O)c(-c3ccccc3C(=O)O)c2O1. The van der Waals surface area contributed by atoms with Gasteiger partial charge in [-0.15, -0.1) is 0 Å². The summed E-state index contributed by atoms with van der Waals surface area (Å²) in [4.78, 5) is 22.4. The van der Waals surface area contributed by atoms with Crippen LogP contribution in [0, 0.1) is 0 Å². The van der Waals surface area contributed by atoms with Crippen molar-refractivity contribution in [3.8, 4) is 22.6 Å². The van der Waals surface area contributed by atoms with Crippen LogP contribution in [-0.2, 0) is 4.79 Å². The van der Waals surface area contributed by atoms with E-state index < -0.39 is 12.3 Å². The third kappa shape index (κ3) is 2.59. The molecule has 6 heteroatoms. The number of benzene rings is 2. The minimum absolute atomic E-state index is 0.124. The molecule has 1 heterocycles. The van der Waals surface area contributed by atoms with Crippen molar-refractivity contribution in [1.29, 1.82) is 0 Å². The van der Waals surface area contributed by atoms with Crippen LogP contribution in [0.5, 0.6) is 11.5 Å². The van der Waals surface area contributed by atoms with E-state index in [-0.39, 0.29) is 5.56 Å². The number of carboxylic acid groups (broad SMARTS) is 1. The molecule has 23 heavy (non-hydrogen) atoms.